The molecule has 12 nitrogen and oxygen atoms in total. The molecule has 0 aliphatic carbocycles. The van der Waals surface area contributed by atoms with Crippen LogP contribution in [0, 0.1) is 22.7 Å². The maximum Gasteiger partial charge on any atom is 0.274 e. The Labute approximate surface area is 311 Å². The number of anilines is 3. The zero-order chi connectivity index (χ0) is 36.5. The largest absolute Gasteiger partial charge is 0.374 e. The van der Waals surface area contributed by atoms with Crippen molar-refractivity contribution < 1.29 is 14.4 Å². The highest BCUT2D eigenvalue weighted by atomic mass is 16.2. The van der Waals surface area contributed by atoms with Gasteiger partial charge in [-0.2, -0.15) is 5.26 Å². The molecule has 3 amide bonds. The van der Waals surface area contributed by atoms with E-state index in [4.69, 9.17) is 0 Å². The Morgan fingerprint density at radius 3 is 2.51 bits per heavy atom. The summed E-state index contributed by atoms with van der Waals surface area (Å²) in [6, 6.07) is 22.4. The van der Waals surface area contributed by atoms with Crippen molar-refractivity contribution in [3.63, 3.8) is 0 Å². The number of amides is 3. The summed E-state index contributed by atoms with van der Waals surface area (Å²) >= 11 is 0. The number of carbonyl (C=O) groups is 3. The van der Waals surface area contributed by atoms with Crippen LogP contribution in [0.1, 0.15) is 79.4 Å². The number of nitriles is 1. The lowest BCUT2D eigenvalue weighted by atomic mass is 9.77. The summed E-state index contributed by atoms with van der Waals surface area (Å²) in [4.78, 5) is 46.1. The first-order valence-corrected chi connectivity index (χ1v) is 19.3. The minimum absolute atomic E-state index is 0.0416. The van der Waals surface area contributed by atoms with Crippen molar-refractivity contribution >= 4 is 34.9 Å². The van der Waals surface area contributed by atoms with Crippen LogP contribution in [0.4, 0.5) is 17.2 Å². The normalized spacial score (nSPS) is 23.8. The monoisotopic (exact) mass is 715 g/mol. The number of rotatable bonds is 8. The molecule has 5 fully saturated rings. The topological polar surface area (TPSA) is 138 Å². The molecule has 6 heterocycles. The third-order valence-corrected chi connectivity index (χ3v) is 12.4. The lowest BCUT2D eigenvalue weighted by Crippen LogP contribution is -2.54. The van der Waals surface area contributed by atoms with Gasteiger partial charge in [-0.1, -0.05) is 24.3 Å². The summed E-state index contributed by atoms with van der Waals surface area (Å²) in [6.45, 7) is 9.59. The molecule has 1 aromatic heterocycles. The van der Waals surface area contributed by atoms with Crippen molar-refractivity contribution in [2.24, 2.45) is 11.3 Å². The molecule has 0 radical (unpaired) electrons. The fraction of sp³-hybridized carbons (Fsp3) is 0.512. The number of nitrogens with one attached hydrogen (secondary N) is 2. The molecular weight excluding hydrogens is 667 g/mol. The second-order valence-electron chi connectivity index (χ2n) is 16.0. The second-order valence-corrected chi connectivity index (χ2v) is 16.0. The van der Waals surface area contributed by atoms with Gasteiger partial charge in [0.25, 0.3) is 5.91 Å². The van der Waals surface area contributed by atoms with Gasteiger partial charge in [-0.05, 0) is 112 Å². The Balaban J connectivity index is 0.766. The van der Waals surface area contributed by atoms with Crippen LogP contribution in [-0.4, -0.2) is 102 Å². The predicted molar refractivity (Wildman–Crippen MR) is 203 cm³/mol. The highest BCUT2D eigenvalue weighted by Gasteiger charge is 2.45. The Kier molecular flexibility index (Phi) is 9.77. The highest BCUT2D eigenvalue weighted by Crippen LogP contribution is 2.46. The summed E-state index contributed by atoms with van der Waals surface area (Å²) < 4.78 is 0. The molecule has 2 aromatic carbocycles. The Hall–Kier alpha value is -5.02. The number of imide groups is 1. The number of nitrogens with zero attached hydrogens (tertiary/aromatic N) is 7. The van der Waals surface area contributed by atoms with E-state index >= 15 is 0 Å². The van der Waals surface area contributed by atoms with Crippen LogP contribution in [0.3, 0.4) is 0 Å². The van der Waals surface area contributed by atoms with E-state index in [1.807, 2.05) is 47.4 Å². The first-order chi connectivity index (χ1) is 25.8. The molecular formula is C41H49N9O3. The van der Waals surface area contributed by atoms with Gasteiger partial charge in [-0.25, -0.2) is 0 Å². The summed E-state index contributed by atoms with van der Waals surface area (Å²) in [5.74, 6) is 1.27. The van der Waals surface area contributed by atoms with Crippen LogP contribution in [-0.2, 0) is 9.59 Å². The molecule has 1 unspecified atom stereocenters. The number of hydrogen-bond acceptors (Lipinski definition) is 10. The molecule has 5 saturated heterocycles. The van der Waals surface area contributed by atoms with E-state index < -0.39 is 0 Å². The van der Waals surface area contributed by atoms with Crippen LogP contribution >= 0.6 is 0 Å². The van der Waals surface area contributed by atoms with Gasteiger partial charge in [-0.15, -0.1) is 10.2 Å². The van der Waals surface area contributed by atoms with E-state index in [1.165, 1.54) is 5.56 Å². The van der Waals surface area contributed by atoms with Gasteiger partial charge in [-0.3, -0.25) is 19.7 Å². The average Bonchev–Trinajstić information content (AvgIpc) is 3.49. The zero-order valence-electron chi connectivity index (χ0n) is 30.5. The zero-order valence-corrected chi connectivity index (χ0v) is 30.5. The van der Waals surface area contributed by atoms with Gasteiger partial charge in [0, 0.05) is 63.3 Å². The van der Waals surface area contributed by atoms with Crippen LogP contribution in [0.25, 0.3) is 0 Å². The van der Waals surface area contributed by atoms with E-state index in [-0.39, 0.29) is 29.2 Å². The smallest absolute Gasteiger partial charge is 0.274 e. The van der Waals surface area contributed by atoms with Crippen LogP contribution in [0.2, 0.25) is 0 Å². The molecule has 0 bridgehead atoms. The lowest BCUT2D eigenvalue weighted by Gasteiger charge is -2.43. The molecule has 5 aliphatic heterocycles. The first kappa shape index (κ1) is 35.0. The van der Waals surface area contributed by atoms with E-state index in [1.54, 1.807) is 0 Å². The van der Waals surface area contributed by atoms with Crippen molar-refractivity contribution in [1.82, 2.24) is 25.3 Å². The minimum Gasteiger partial charge on any atom is -0.374 e. The standard InChI is InChI=1S/C41H49N9O3/c1-28-22-41(27-50(28)36-8-3-2-5-32(36)23-42)15-19-48(20-16-41)37-11-9-35(45-46-37)40(53)49-25-29(26-49)24-47-17-13-30(14-18-47)31-6-4-7-33(21-31)43-34-10-12-38(51)44-39(34)52/h2-9,11,21,28-30,34,43H,10,12-20,22,24-27H2,1H3,(H,44,51,52)/t28-,34?/m0/s1. The summed E-state index contributed by atoms with van der Waals surface area (Å²) in [5, 5.41) is 24.3. The van der Waals surface area contributed by atoms with Crippen LogP contribution < -0.4 is 20.4 Å². The number of benzene rings is 2. The van der Waals surface area contributed by atoms with Crippen molar-refractivity contribution in [1.29, 1.82) is 5.26 Å². The maximum absolute atomic E-state index is 13.3. The number of hydrogen-bond donors (Lipinski definition) is 2. The predicted octanol–water partition coefficient (Wildman–Crippen LogP) is 4.40. The number of carbonyl (C=O) groups excluding carboxylic acids is 3. The summed E-state index contributed by atoms with van der Waals surface area (Å²) in [7, 11) is 0. The maximum atomic E-state index is 13.3. The second kappa shape index (κ2) is 14.8. The molecule has 0 saturated carbocycles. The van der Waals surface area contributed by atoms with E-state index in [0.717, 1.165) is 107 Å². The summed E-state index contributed by atoms with van der Waals surface area (Å²) in [5.41, 5.74) is 4.64. The Morgan fingerprint density at radius 2 is 1.77 bits per heavy atom. The minimum atomic E-state index is -0.381. The first-order valence-electron chi connectivity index (χ1n) is 19.3. The third-order valence-electron chi connectivity index (χ3n) is 12.4. The molecule has 8 rings (SSSR count). The number of likely N-dealkylation sites (tertiary alicyclic amines) is 2. The van der Waals surface area contributed by atoms with Crippen molar-refractivity contribution in [2.75, 3.05) is 67.5 Å². The van der Waals surface area contributed by atoms with E-state index in [9.17, 15) is 19.6 Å². The van der Waals surface area contributed by atoms with E-state index in [0.29, 0.717) is 36.4 Å². The van der Waals surface area contributed by atoms with Gasteiger partial charge < -0.3 is 24.9 Å². The molecule has 12 heteroatoms. The fourth-order valence-electron chi connectivity index (χ4n) is 9.38. The molecule has 5 aliphatic rings. The van der Waals surface area contributed by atoms with Crippen LogP contribution in [0.15, 0.2) is 60.7 Å². The number of aromatic nitrogens is 2. The summed E-state index contributed by atoms with van der Waals surface area (Å²) in [6.07, 6.45) is 6.27. The highest BCUT2D eigenvalue weighted by molar-refractivity contribution is 6.01. The van der Waals surface area contributed by atoms with E-state index in [2.05, 4.69) is 66.7 Å². The van der Waals surface area contributed by atoms with Gasteiger partial charge in [0.2, 0.25) is 11.8 Å². The Morgan fingerprint density at radius 1 is 0.981 bits per heavy atom. The number of para-hydroxylation sites is 1. The lowest BCUT2D eigenvalue weighted by molar-refractivity contribution is -0.133. The molecule has 3 aromatic rings. The molecule has 2 atom stereocenters. The van der Waals surface area contributed by atoms with Crippen molar-refractivity contribution in [2.45, 2.75) is 69.9 Å². The average molecular weight is 716 g/mol. The molecule has 276 valence electrons. The number of piperidine rings is 3. The van der Waals surface area contributed by atoms with Gasteiger partial charge in [0.1, 0.15) is 12.1 Å². The quantitative estimate of drug-likeness (QED) is 0.323. The van der Waals surface area contributed by atoms with Gasteiger partial charge in [0.05, 0.1) is 11.3 Å². The molecule has 53 heavy (non-hydrogen) atoms. The fourth-order valence-corrected chi connectivity index (χ4v) is 9.38. The van der Waals surface area contributed by atoms with Crippen LogP contribution in [0.5, 0.6) is 0 Å². The SMILES string of the molecule is C[C@H]1CC2(CCN(c3ccc(C(=O)N4CC(CN5CCC(c6cccc(NC7CCC(=O)NC7=O)c6)CC5)C4)nn3)CC2)CN1c1ccccc1C#N. The van der Waals surface area contributed by atoms with Gasteiger partial charge in [0.15, 0.2) is 11.5 Å². The third kappa shape index (κ3) is 7.45. The molecule has 2 N–H and O–H groups in total. The molecule has 1 spiro atoms. The van der Waals surface area contributed by atoms with Crippen molar-refractivity contribution in [3.05, 3.63) is 77.5 Å². The Bertz CT molecular complexity index is 1870. The van der Waals surface area contributed by atoms with Crippen molar-refractivity contribution in [3.8, 4) is 6.07 Å². The van der Waals surface area contributed by atoms with Gasteiger partial charge >= 0.3 is 0 Å².